The van der Waals surface area contributed by atoms with Crippen LogP contribution in [0.1, 0.15) is 14.5 Å². The highest BCUT2D eigenvalue weighted by atomic mass is 35.5. The fraction of sp³-hybridized carbons (Fsp3) is 0.143. The van der Waals surface area contributed by atoms with E-state index in [1.165, 1.54) is 22.7 Å². The largest absolute Gasteiger partial charge is 0.397 e. The molecule has 3 aromatic heterocycles. The number of fused-ring (bicyclic) bond motifs is 1. The molecule has 0 aromatic carbocycles. The van der Waals surface area contributed by atoms with Crippen molar-refractivity contribution in [2.45, 2.75) is 6.42 Å². The SMILES string of the molecule is Nc1c(C(=O)NCCc2ccc(Cl)s2)sc2ncccc12. The predicted molar refractivity (Wildman–Crippen MR) is 89.4 cm³/mol. The van der Waals surface area contributed by atoms with Crippen molar-refractivity contribution in [2.24, 2.45) is 0 Å². The number of carbonyl (C=O) groups is 1. The molecule has 0 bridgehead atoms. The molecule has 108 valence electrons. The predicted octanol–water partition coefficient (Wildman–Crippen LogP) is 3.57. The van der Waals surface area contributed by atoms with Gasteiger partial charge < -0.3 is 11.1 Å². The zero-order chi connectivity index (χ0) is 14.8. The Bertz CT molecular complexity index is 796. The summed E-state index contributed by atoms with van der Waals surface area (Å²) in [6.07, 6.45) is 2.45. The number of nitrogen functional groups attached to an aromatic ring is 1. The van der Waals surface area contributed by atoms with Crippen molar-refractivity contribution >= 4 is 56.1 Å². The number of amides is 1. The minimum absolute atomic E-state index is 0.154. The zero-order valence-electron chi connectivity index (χ0n) is 10.9. The van der Waals surface area contributed by atoms with E-state index >= 15 is 0 Å². The van der Waals surface area contributed by atoms with E-state index in [4.69, 9.17) is 17.3 Å². The van der Waals surface area contributed by atoms with E-state index in [-0.39, 0.29) is 5.91 Å². The van der Waals surface area contributed by atoms with E-state index in [0.29, 0.717) is 17.1 Å². The van der Waals surface area contributed by atoms with Crippen molar-refractivity contribution in [3.05, 3.63) is 44.6 Å². The van der Waals surface area contributed by atoms with Crippen molar-refractivity contribution in [1.82, 2.24) is 10.3 Å². The molecule has 0 aliphatic heterocycles. The van der Waals surface area contributed by atoms with Crippen LogP contribution in [0.5, 0.6) is 0 Å². The van der Waals surface area contributed by atoms with Gasteiger partial charge in [0.25, 0.3) is 5.91 Å². The number of pyridine rings is 1. The lowest BCUT2D eigenvalue weighted by Crippen LogP contribution is -2.25. The molecule has 3 N–H and O–H groups in total. The highest BCUT2D eigenvalue weighted by Gasteiger charge is 2.16. The Labute approximate surface area is 134 Å². The summed E-state index contributed by atoms with van der Waals surface area (Å²) in [5, 5.41) is 3.72. The molecular formula is C14H12ClN3OS2. The Morgan fingerprint density at radius 1 is 1.33 bits per heavy atom. The number of hydrogen-bond acceptors (Lipinski definition) is 5. The summed E-state index contributed by atoms with van der Waals surface area (Å²) in [5.41, 5.74) is 6.52. The molecule has 0 saturated carbocycles. The van der Waals surface area contributed by atoms with E-state index < -0.39 is 0 Å². The fourth-order valence-electron chi connectivity index (χ4n) is 1.99. The maximum atomic E-state index is 12.2. The molecule has 3 rings (SSSR count). The van der Waals surface area contributed by atoms with Crippen LogP contribution in [-0.2, 0) is 6.42 Å². The highest BCUT2D eigenvalue weighted by molar-refractivity contribution is 7.21. The van der Waals surface area contributed by atoms with Gasteiger partial charge >= 0.3 is 0 Å². The maximum absolute atomic E-state index is 12.2. The summed E-state index contributed by atoms with van der Waals surface area (Å²) >= 11 is 8.71. The third-order valence-corrected chi connectivity index (χ3v) is 5.42. The number of rotatable bonds is 4. The molecule has 0 fully saturated rings. The minimum Gasteiger partial charge on any atom is -0.397 e. The quantitative estimate of drug-likeness (QED) is 0.764. The summed E-state index contributed by atoms with van der Waals surface area (Å²) in [4.78, 5) is 18.9. The van der Waals surface area contributed by atoms with Crippen LogP contribution in [0.2, 0.25) is 4.34 Å². The number of hydrogen-bond donors (Lipinski definition) is 2. The molecule has 21 heavy (non-hydrogen) atoms. The van der Waals surface area contributed by atoms with Crippen LogP contribution in [0.4, 0.5) is 5.69 Å². The maximum Gasteiger partial charge on any atom is 0.263 e. The van der Waals surface area contributed by atoms with Crippen LogP contribution in [-0.4, -0.2) is 17.4 Å². The van der Waals surface area contributed by atoms with Gasteiger partial charge in [0.1, 0.15) is 9.71 Å². The van der Waals surface area contributed by atoms with E-state index in [0.717, 1.165) is 25.9 Å². The van der Waals surface area contributed by atoms with Crippen molar-refractivity contribution in [3.8, 4) is 0 Å². The first-order valence-electron chi connectivity index (χ1n) is 6.30. The Morgan fingerprint density at radius 2 is 2.19 bits per heavy atom. The van der Waals surface area contributed by atoms with E-state index in [9.17, 15) is 4.79 Å². The van der Waals surface area contributed by atoms with E-state index in [2.05, 4.69) is 10.3 Å². The molecule has 0 aliphatic carbocycles. The number of thiophene rings is 2. The molecule has 0 saturated heterocycles. The topological polar surface area (TPSA) is 68.0 Å². The monoisotopic (exact) mass is 337 g/mol. The minimum atomic E-state index is -0.154. The van der Waals surface area contributed by atoms with Crippen LogP contribution in [0.15, 0.2) is 30.5 Å². The number of nitrogens with two attached hydrogens (primary N) is 1. The number of nitrogens with zero attached hydrogens (tertiary/aromatic N) is 1. The van der Waals surface area contributed by atoms with Crippen LogP contribution in [0.25, 0.3) is 10.2 Å². The molecule has 1 amide bonds. The summed E-state index contributed by atoms with van der Waals surface area (Å²) in [6.45, 7) is 0.552. The Hall–Kier alpha value is -1.63. The van der Waals surface area contributed by atoms with Gasteiger partial charge in [-0.15, -0.1) is 22.7 Å². The second-order valence-corrected chi connectivity index (χ2v) is 7.21. The normalized spacial score (nSPS) is 10.9. The molecule has 7 heteroatoms. The average molecular weight is 338 g/mol. The Morgan fingerprint density at radius 3 is 2.90 bits per heavy atom. The summed E-state index contributed by atoms with van der Waals surface area (Å²) in [7, 11) is 0. The zero-order valence-corrected chi connectivity index (χ0v) is 13.3. The molecular weight excluding hydrogens is 326 g/mol. The first-order chi connectivity index (χ1) is 10.1. The summed E-state index contributed by atoms with van der Waals surface area (Å²) in [6, 6.07) is 7.52. The van der Waals surface area contributed by atoms with Crippen molar-refractivity contribution in [1.29, 1.82) is 0 Å². The third kappa shape index (κ3) is 3.02. The van der Waals surface area contributed by atoms with Crippen LogP contribution in [0.3, 0.4) is 0 Å². The summed E-state index contributed by atoms with van der Waals surface area (Å²) < 4.78 is 0.760. The van der Waals surface area contributed by atoms with Gasteiger partial charge in [-0.3, -0.25) is 4.79 Å². The second-order valence-electron chi connectivity index (χ2n) is 4.41. The standard InChI is InChI=1S/C14H12ClN3OS2/c15-10-4-3-8(20-10)5-7-17-13(19)12-11(16)9-2-1-6-18-14(9)21-12/h1-4,6H,5,7,16H2,(H,17,19). The van der Waals surface area contributed by atoms with Crippen LogP contribution >= 0.6 is 34.3 Å². The van der Waals surface area contributed by atoms with Gasteiger partial charge in [0.2, 0.25) is 0 Å². The average Bonchev–Trinajstić information content (AvgIpc) is 3.03. The Balaban J connectivity index is 1.68. The van der Waals surface area contributed by atoms with Gasteiger partial charge in [-0.25, -0.2) is 4.98 Å². The van der Waals surface area contributed by atoms with Crippen molar-refractivity contribution < 1.29 is 4.79 Å². The molecule has 4 nitrogen and oxygen atoms in total. The number of carbonyl (C=O) groups excluding carboxylic acids is 1. The van der Waals surface area contributed by atoms with Crippen LogP contribution < -0.4 is 11.1 Å². The van der Waals surface area contributed by atoms with Gasteiger partial charge in [0.05, 0.1) is 10.0 Å². The first-order valence-corrected chi connectivity index (χ1v) is 8.31. The molecule has 0 aliphatic rings. The number of nitrogens with one attached hydrogen (secondary N) is 1. The van der Waals surface area contributed by atoms with E-state index in [1.807, 2.05) is 24.3 Å². The van der Waals surface area contributed by atoms with Gasteiger partial charge in [-0.1, -0.05) is 11.6 Å². The fourth-order valence-corrected chi connectivity index (χ4v) is 4.05. The molecule has 0 radical (unpaired) electrons. The lowest BCUT2D eigenvalue weighted by Gasteiger charge is -2.03. The Kier molecular flexibility index (Phi) is 4.10. The third-order valence-electron chi connectivity index (χ3n) is 3.00. The number of aromatic nitrogens is 1. The van der Waals surface area contributed by atoms with Crippen LogP contribution in [0, 0.1) is 0 Å². The highest BCUT2D eigenvalue weighted by Crippen LogP contribution is 2.31. The smallest absolute Gasteiger partial charge is 0.263 e. The first kappa shape index (κ1) is 14.3. The lowest BCUT2D eigenvalue weighted by atomic mass is 10.2. The van der Waals surface area contributed by atoms with Crippen molar-refractivity contribution in [2.75, 3.05) is 12.3 Å². The molecule has 0 spiro atoms. The molecule has 0 unspecified atom stereocenters. The van der Waals surface area contributed by atoms with Crippen molar-refractivity contribution in [3.63, 3.8) is 0 Å². The second kappa shape index (κ2) is 6.01. The lowest BCUT2D eigenvalue weighted by molar-refractivity contribution is 0.0959. The van der Waals surface area contributed by atoms with Gasteiger partial charge in [-0.2, -0.15) is 0 Å². The molecule has 3 aromatic rings. The molecule has 0 atom stereocenters. The number of halogens is 1. The van der Waals surface area contributed by atoms with Gasteiger partial charge in [0, 0.05) is 23.0 Å². The summed E-state index contributed by atoms with van der Waals surface area (Å²) in [5.74, 6) is -0.154. The van der Waals surface area contributed by atoms with Gasteiger partial charge in [0.15, 0.2) is 0 Å². The number of anilines is 1. The van der Waals surface area contributed by atoms with E-state index in [1.54, 1.807) is 6.20 Å². The molecule has 3 heterocycles. The van der Waals surface area contributed by atoms with Gasteiger partial charge in [-0.05, 0) is 30.7 Å².